The Morgan fingerprint density at radius 1 is 0.980 bits per heavy atom. The zero-order valence-electron chi connectivity index (χ0n) is 25.7. The minimum atomic E-state index is -4.24. The van der Waals surface area contributed by atoms with Crippen molar-refractivity contribution in [1.82, 2.24) is 20.4 Å². The molecule has 0 spiro atoms. The monoisotopic (exact) mass is 705 g/mol. The molecule has 0 radical (unpaired) electrons. The normalized spacial score (nSPS) is 11.2. The van der Waals surface area contributed by atoms with Gasteiger partial charge in [-0.2, -0.15) is 4.98 Å². The summed E-state index contributed by atoms with van der Waals surface area (Å²) in [5.41, 5.74) is 2.28. The van der Waals surface area contributed by atoms with Gasteiger partial charge < -0.3 is 30.6 Å². The van der Waals surface area contributed by atoms with Gasteiger partial charge in [-0.3, -0.25) is 14.2 Å². The highest BCUT2D eigenvalue weighted by Crippen LogP contribution is 2.27. The van der Waals surface area contributed by atoms with Crippen molar-refractivity contribution >= 4 is 56.5 Å². The van der Waals surface area contributed by atoms with E-state index in [9.17, 15) is 23.2 Å². The zero-order chi connectivity index (χ0) is 34.8. The van der Waals surface area contributed by atoms with E-state index < -0.39 is 26.7 Å². The number of hydrogen-bond donors (Lipinski definition) is 3. The number of carbonyl (C=O) groups is 2. The Morgan fingerprint density at radius 3 is 2.45 bits per heavy atom. The summed E-state index contributed by atoms with van der Waals surface area (Å²) in [5, 5.41) is 23.6. The summed E-state index contributed by atoms with van der Waals surface area (Å²) in [7, 11) is -2.69. The van der Waals surface area contributed by atoms with Crippen molar-refractivity contribution in [2.24, 2.45) is 0 Å². The van der Waals surface area contributed by atoms with E-state index in [1.807, 2.05) is 0 Å². The van der Waals surface area contributed by atoms with Crippen molar-refractivity contribution in [3.05, 3.63) is 119 Å². The molecule has 252 valence electrons. The van der Waals surface area contributed by atoms with Crippen molar-refractivity contribution in [3.8, 4) is 5.88 Å². The minimum absolute atomic E-state index is 0.00399. The summed E-state index contributed by atoms with van der Waals surface area (Å²) < 4.78 is 40.6. The summed E-state index contributed by atoms with van der Waals surface area (Å²) in [5.74, 6) is -0.709. The third kappa shape index (κ3) is 8.68. The van der Waals surface area contributed by atoms with E-state index in [4.69, 9.17) is 21.1 Å². The largest absolute Gasteiger partial charge is 0.461 e. The molecule has 0 saturated heterocycles. The fraction of sp³-hybridized carbons (Fsp3) is 0.125. The molecule has 3 N–H and O–H groups in total. The Balaban J connectivity index is 1.09. The lowest BCUT2D eigenvalue weighted by molar-refractivity contribution is -0.832. The van der Waals surface area contributed by atoms with E-state index in [1.165, 1.54) is 42.6 Å². The van der Waals surface area contributed by atoms with Crippen molar-refractivity contribution < 1.29 is 37.0 Å². The molecule has 3 aromatic carbocycles. The molecule has 0 fully saturated rings. The van der Waals surface area contributed by atoms with E-state index >= 15 is 0 Å². The summed E-state index contributed by atoms with van der Waals surface area (Å²) in [6.45, 7) is -0.247. The van der Waals surface area contributed by atoms with Crippen molar-refractivity contribution in [1.29, 1.82) is 0 Å². The average Bonchev–Trinajstić information content (AvgIpc) is 3.49. The predicted octanol–water partition coefficient (Wildman–Crippen LogP) is 4.15. The van der Waals surface area contributed by atoms with Crippen molar-refractivity contribution in [2.75, 3.05) is 30.9 Å². The van der Waals surface area contributed by atoms with Gasteiger partial charge in [0.05, 0.1) is 33.9 Å². The molecule has 5 rings (SSSR count). The number of hydrogen-bond acceptors (Lipinski definition) is 13. The maximum absolute atomic E-state index is 12.8. The fourth-order valence-electron chi connectivity index (χ4n) is 4.27. The summed E-state index contributed by atoms with van der Waals surface area (Å²) >= 11 is 6.30. The highest BCUT2D eigenvalue weighted by atomic mass is 35.5. The van der Waals surface area contributed by atoms with Crippen LogP contribution in [0.1, 0.15) is 15.9 Å². The van der Waals surface area contributed by atoms with Gasteiger partial charge in [-0.15, -0.1) is 0 Å². The van der Waals surface area contributed by atoms with Crippen LogP contribution in [0.2, 0.25) is 5.02 Å². The summed E-state index contributed by atoms with van der Waals surface area (Å²) in [6, 6.07) is 21.2. The van der Waals surface area contributed by atoms with E-state index in [1.54, 1.807) is 61.6 Å². The van der Waals surface area contributed by atoms with Crippen LogP contribution in [0.4, 0.5) is 23.1 Å². The van der Waals surface area contributed by atoms with Gasteiger partial charge in [-0.05, 0) is 59.0 Å². The Bertz CT molecular complexity index is 2080. The first-order valence-corrected chi connectivity index (χ1v) is 16.3. The number of benzene rings is 3. The standard InChI is InChI=1S/C32H28ClN7O8S/c1-34-29(42)24-11-5-6-12-26(24)37-28-25(33)20-35-32(38-28)36-22-15-13-21(14-16-22)19-27(41)46-17-7-8-18-47-30-31(40(43)48-39-30)49(44,45)23-9-3-2-4-10-23/h2-16,20H,17-19H2,1H3,(H,34,42)(H2,35,36,37,38). The second kappa shape index (κ2) is 15.7. The molecule has 0 aliphatic carbocycles. The van der Waals surface area contributed by atoms with Gasteiger partial charge in [0.2, 0.25) is 5.95 Å². The Kier molecular flexibility index (Phi) is 11.0. The number of aromatic nitrogens is 4. The molecule has 49 heavy (non-hydrogen) atoms. The third-order valence-corrected chi connectivity index (χ3v) is 8.63. The maximum atomic E-state index is 12.8. The van der Waals surface area contributed by atoms with Gasteiger partial charge in [0.1, 0.15) is 18.2 Å². The fourth-order valence-corrected chi connectivity index (χ4v) is 5.70. The first-order chi connectivity index (χ1) is 23.7. The van der Waals surface area contributed by atoms with Crippen LogP contribution in [0.15, 0.2) is 112 Å². The molecule has 17 heteroatoms. The molecule has 0 bridgehead atoms. The van der Waals surface area contributed by atoms with E-state index in [-0.39, 0.29) is 46.3 Å². The molecule has 0 atom stereocenters. The molecule has 0 unspecified atom stereocenters. The number of amides is 1. The van der Waals surface area contributed by atoms with Crippen LogP contribution in [-0.2, 0) is 25.8 Å². The number of para-hydroxylation sites is 1. The van der Waals surface area contributed by atoms with Gasteiger partial charge in [-0.25, -0.2) is 13.4 Å². The van der Waals surface area contributed by atoms with Crippen molar-refractivity contribution in [3.63, 3.8) is 0 Å². The van der Waals surface area contributed by atoms with E-state index in [0.717, 1.165) is 0 Å². The number of nitrogens with zero attached hydrogens (tertiary/aromatic N) is 4. The number of halogens is 1. The Morgan fingerprint density at radius 2 is 1.69 bits per heavy atom. The lowest BCUT2D eigenvalue weighted by Gasteiger charge is -2.13. The lowest BCUT2D eigenvalue weighted by Crippen LogP contribution is -2.30. The molecule has 0 aliphatic rings. The Labute approximate surface area is 285 Å². The molecule has 0 aliphatic heterocycles. The third-order valence-electron chi connectivity index (χ3n) is 6.63. The van der Waals surface area contributed by atoms with E-state index in [0.29, 0.717) is 28.3 Å². The highest BCUT2D eigenvalue weighted by molar-refractivity contribution is 7.91. The molecule has 5 aromatic rings. The number of nitrogens with one attached hydrogen (secondary N) is 3. The number of esters is 1. The number of sulfone groups is 1. The molecule has 1 amide bonds. The quantitative estimate of drug-likeness (QED) is 0.0846. The van der Waals surface area contributed by atoms with Gasteiger partial charge in [0, 0.05) is 12.7 Å². The summed E-state index contributed by atoms with van der Waals surface area (Å²) in [6.07, 6.45) is 4.39. The molecule has 2 heterocycles. The first kappa shape index (κ1) is 34.3. The average molecular weight is 706 g/mol. The van der Waals surface area contributed by atoms with Crippen LogP contribution >= 0.6 is 11.6 Å². The second-order valence-corrected chi connectivity index (χ2v) is 12.2. The van der Waals surface area contributed by atoms with Crippen molar-refractivity contribution in [2.45, 2.75) is 16.3 Å². The first-order valence-electron chi connectivity index (χ1n) is 14.5. The number of ether oxygens (including phenoxy) is 2. The second-order valence-electron chi connectivity index (χ2n) is 9.96. The highest BCUT2D eigenvalue weighted by Gasteiger charge is 2.35. The summed E-state index contributed by atoms with van der Waals surface area (Å²) in [4.78, 5) is 32.8. The minimum Gasteiger partial charge on any atom is -0.461 e. The molecular weight excluding hydrogens is 678 g/mol. The topological polar surface area (TPSA) is 202 Å². The SMILES string of the molecule is CNC(=O)c1ccccc1Nc1nc(Nc2ccc(CC(=O)OCC=CCOc3no[n+]([O-])c3S(=O)(=O)c3ccccc3)cc2)ncc1Cl. The Hall–Kier alpha value is -6.00. The van der Waals surface area contributed by atoms with Gasteiger partial charge >= 0.3 is 16.9 Å². The predicted molar refractivity (Wildman–Crippen MR) is 177 cm³/mol. The zero-order valence-corrected chi connectivity index (χ0v) is 27.3. The van der Waals surface area contributed by atoms with Crippen LogP contribution < -0.4 is 25.6 Å². The molecule has 0 saturated carbocycles. The van der Waals surface area contributed by atoms with E-state index in [2.05, 4.69) is 35.7 Å². The van der Waals surface area contributed by atoms with Crippen LogP contribution in [0.3, 0.4) is 0 Å². The molecule has 15 nitrogen and oxygen atoms in total. The lowest BCUT2D eigenvalue weighted by atomic mass is 10.1. The number of rotatable bonds is 14. The maximum Gasteiger partial charge on any atom is 0.415 e. The van der Waals surface area contributed by atoms with Gasteiger partial charge in [0.15, 0.2) is 5.82 Å². The number of anilines is 4. The van der Waals surface area contributed by atoms with Crippen LogP contribution in [-0.4, -0.2) is 55.7 Å². The number of carbonyl (C=O) groups excluding carboxylic acids is 2. The van der Waals surface area contributed by atoms with Crippen LogP contribution in [0.5, 0.6) is 5.88 Å². The van der Waals surface area contributed by atoms with Crippen LogP contribution in [0.25, 0.3) is 0 Å². The molecule has 2 aromatic heterocycles. The smallest absolute Gasteiger partial charge is 0.415 e. The van der Waals surface area contributed by atoms with Gasteiger partial charge in [0.25, 0.3) is 15.7 Å². The molecular formula is C32H28ClN7O8S. The van der Waals surface area contributed by atoms with Crippen LogP contribution in [0, 0.1) is 5.21 Å². The van der Waals surface area contributed by atoms with Gasteiger partial charge in [-0.1, -0.05) is 54.1 Å².